The first-order valence-corrected chi connectivity index (χ1v) is 10.7. The molecule has 0 bridgehead atoms. The minimum absolute atomic E-state index is 0.0438. The first kappa shape index (κ1) is 19.0. The van der Waals surface area contributed by atoms with Crippen molar-refractivity contribution in [3.63, 3.8) is 0 Å². The van der Waals surface area contributed by atoms with Crippen LogP contribution in [0.25, 0.3) is 5.65 Å². The van der Waals surface area contributed by atoms with Crippen LogP contribution in [0.15, 0.2) is 24.5 Å². The molecule has 1 amide bonds. The largest absolute Gasteiger partial charge is 0.335 e. The van der Waals surface area contributed by atoms with Gasteiger partial charge in [-0.1, -0.05) is 13.8 Å². The van der Waals surface area contributed by atoms with Crippen molar-refractivity contribution in [2.45, 2.75) is 32.6 Å². The Morgan fingerprint density at radius 3 is 2.73 bits per heavy atom. The molecule has 1 unspecified atom stereocenters. The van der Waals surface area contributed by atoms with E-state index in [0.29, 0.717) is 36.3 Å². The topological polar surface area (TPSA) is 103 Å². The van der Waals surface area contributed by atoms with Crippen LogP contribution in [-0.4, -0.2) is 61.6 Å². The lowest BCUT2D eigenvalue weighted by Crippen LogP contribution is -2.46. The maximum atomic E-state index is 12.8. The van der Waals surface area contributed by atoms with Crippen molar-refractivity contribution in [1.82, 2.24) is 34.8 Å². The van der Waals surface area contributed by atoms with E-state index in [9.17, 15) is 4.79 Å². The number of hydrogen-bond acceptors (Lipinski definition) is 6. The van der Waals surface area contributed by atoms with Gasteiger partial charge in [0, 0.05) is 56.3 Å². The number of rotatable bonds is 4. The highest BCUT2D eigenvalue weighted by Gasteiger charge is 2.30. The van der Waals surface area contributed by atoms with Gasteiger partial charge in [-0.2, -0.15) is 5.10 Å². The van der Waals surface area contributed by atoms with E-state index in [2.05, 4.69) is 50.7 Å². The highest BCUT2D eigenvalue weighted by molar-refractivity contribution is 5.93. The number of fused-ring (bicyclic) bond motifs is 1. The van der Waals surface area contributed by atoms with E-state index in [0.717, 1.165) is 30.7 Å². The minimum atomic E-state index is -0.0438. The van der Waals surface area contributed by atoms with E-state index in [-0.39, 0.29) is 5.91 Å². The van der Waals surface area contributed by atoms with E-state index in [4.69, 9.17) is 0 Å². The fourth-order valence-corrected chi connectivity index (χ4v) is 4.58. The zero-order valence-corrected chi connectivity index (χ0v) is 17.4. The van der Waals surface area contributed by atoms with E-state index in [1.807, 2.05) is 9.30 Å². The van der Waals surface area contributed by atoms with Crippen molar-refractivity contribution in [3.8, 4) is 0 Å². The van der Waals surface area contributed by atoms with Crippen LogP contribution >= 0.6 is 0 Å². The van der Waals surface area contributed by atoms with E-state index < -0.39 is 0 Å². The number of aromatic nitrogens is 5. The van der Waals surface area contributed by atoms with E-state index in [1.54, 1.807) is 18.5 Å². The molecule has 0 spiro atoms. The fourth-order valence-electron chi connectivity index (χ4n) is 4.58. The minimum Gasteiger partial charge on any atom is -0.335 e. The first-order valence-electron chi connectivity index (χ1n) is 10.7. The second-order valence-corrected chi connectivity index (χ2v) is 8.62. The summed E-state index contributed by atoms with van der Waals surface area (Å²) in [6.45, 7) is 7.67. The maximum Gasteiger partial charge on any atom is 0.274 e. The molecule has 0 aromatic carbocycles. The number of piperazine rings is 1. The zero-order chi connectivity index (χ0) is 20.7. The molecule has 5 rings (SSSR count). The Bertz CT molecular complexity index is 1040. The molecule has 9 heteroatoms. The monoisotopic (exact) mass is 408 g/mol. The normalized spacial score (nSPS) is 24.5. The average Bonchev–Trinajstić information content (AvgIpc) is 3.48. The lowest BCUT2D eigenvalue weighted by molar-refractivity contribution is 0.0730. The maximum absolute atomic E-state index is 12.8. The van der Waals surface area contributed by atoms with E-state index >= 15 is 0 Å². The third-order valence-electron chi connectivity index (χ3n) is 6.57. The van der Waals surface area contributed by atoms with Crippen molar-refractivity contribution in [2.75, 3.05) is 31.5 Å². The predicted octanol–water partition coefficient (Wildman–Crippen LogP) is 2.39. The van der Waals surface area contributed by atoms with Crippen molar-refractivity contribution >= 4 is 23.3 Å². The molecule has 9 nitrogen and oxygen atoms in total. The smallest absolute Gasteiger partial charge is 0.274 e. The number of H-pyrrole nitrogens is 1. The highest BCUT2D eigenvalue weighted by atomic mass is 16.2. The summed E-state index contributed by atoms with van der Waals surface area (Å²) in [6.07, 6.45) is 5.83. The SMILES string of the molecule is C[C@@H]1CC(c2cc(Nc3nccc4nc(C(=O)N5CCNCC5)cn34)n[nH]2)C[C@@H]1C. The third kappa shape index (κ3) is 3.54. The van der Waals surface area contributed by atoms with Crippen molar-refractivity contribution < 1.29 is 4.79 Å². The first-order chi connectivity index (χ1) is 14.6. The van der Waals surface area contributed by atoms with Gasteiger partial charge in [-0.25, -0.2) is 9.97 Å². The summed E-state index contributed by atoms with van der Waals surface area (Å²) in [5.74, 6) is 3.27. The molecular formula is C21H28N8O. The summed E-state index contributed by atoms with van der Waals surface area (Å²) in [7, 11) is 0. The number of nitrogens with one attached hydrogen (secondary N) is 3. The number of imidazole rings is 1. The van der Waals surface area contributed by atoms with Crippen LogP contribution in [0.1, 0.15) is 48.8 Å². The third-order valence-corrected chi connectivity index (χ3v) is 6.57. The lowest BCUT2D eigenvalue weighted by Gasteiger charge is -2.26. The number of aromatic amines is 1. The van der Waals surface area contributed by atoms with E-state index in [1.165, 1.54) is 18.5 Å². The van der Waals surface area contributed by atoms with Crippen LogP contribution in [0.5, 0.6) is 0 Å². The van der Waals surface area contributed by atoms with Crippen LogP contribution < -0.4 is 10.6 Å². The molecule has 0 radical (unpaired) electrons. The summed E-state index contributed by atoms with van der Waals surface area (Å²) in [4.78, 5) is 23.6. The summed E-state index contributed by atoms with van der Waals surface area (Å²) >= 11 is 0. The Labute approximate surface area is 175 Å². The quantitative estimate of drug-likeness (QED) is 0.613. The van der Waals surface area contributed by atoms with Gasteiger partial charge in [-0.15, -0.1) is 0 Å². The average molecular weight is 409 g/mol. The fraction of sp³-hybridized carbons (Fsp3) is 0.524. The van der Waals surface area contributed by atoms with Crippen LogP contribution in [0.2, 0.25) is 0 Å². The number of anilines is 2. The molecule has 3 atom stereocenters. The van der Waals surface area contributed by atoms with Gasteiger partial charge in [0.1, 0.15) is 11.3 Å². The van der Waals surface area contributed by atoms with Crippen LogP contribution in [0.4, 0.5) is 11.8 Å². The summed E-state index contributed by atoms with van der Waals surface area (Å²) in [5.41, 5.74) is 2.28. The van der Waals surface area contributed by atoms with Gasteiger partial charge in [0.05, 0.1) is 0 Å². The molecule has 3 N–H and O–H groups in total. The number of carbonyl (C=O) groups excluding carboxylic acids is 1. The molecule has 1 aliphatic heterocycles. The van der Waals surface area contributed by atoms with Gasteiger partial charge in [-0.05, 0) is 30.7 Å². The second kappa shape index (κ2) is 7.71. The number of hydrogen-bond donors (Lipinski definition) is 3. The molecule has 2 aliphatic rings. The molecule has 1 aliphatic carbocycles. The molecule has 2 fully saturated rings. The van der Waals surface area contributed by atoms with Crippen molar-refractivity contribution in [2.24, 2.45) is 11.8 Å². The Kier molecular flexibility index (Phi) is 4.90. The van der Waals surface area contributed by atoms with Gasteiger partial charge in [-0.3, -0.25) is 14.3 Å². The van der Waals surface area contributed by atoms with Gasteiger partial charge in [0.25, 0.3) is 5.91 Å². The Morgan fingerprint density at radius 2 is 1.97 bits per heavy atom. The zero-order valence-electron chi connectivity index (χ0n) is 17.4. The molecule has 3 aromatic heterocycles. The molecular weight excluding hydrogens is 380 g/mol. The molecule has 1 saturated heterocycles. The van der Waals surface area contributed by atoms with Crippen LogP contribution in [-0.2, 0) is 0 Å². The summed E-state index contributed by atoms with van der Waals surface area (Å²) in [5, 5.41) is 14.2. The van der Waals surface area contributed by atoms with Gasteiger partial charge in [0.2, 0.25) is 5.95 Å². The molecule has 1 saturated carbocycles. The second-order valence-electron chi connectivity index (χ2n) is 8.62. The number of carbonyl (C=O) groups is 1. The molecule has 30 heavy (non-hydrogen) atoms. The highest BCUT2D eigenvalue weighted by Crippen LogP contribution is 2.41. The number of nitrogens with zero attached hydrogens (tertiary/aromatic N) is 5. The van der Waals surface area contributed by atoms with Gasteiger partial charge in [0.15, 0.2) is 5.82 Å². The van der Waals surface area contributed by atoms with Gasteiger partial charge < -0.3 is 15.5 Å². The van der Waals surface area contributed by atoms with Gasteiger partial charge >= 0.3 is 0 Å². The van der Waals surface area contributed by atoms with Crippen molar-refractivity contribution in [1.29, 1.82) is 0 Å². The van der Waals surface area contributed by atoms with Crippen molar-refractivity contribution in [3.05, 3.63) is 35.9 Å². The Balaban J connectivity index is 1.36. The molecule has 158 valence electrons. The van der Waals surface area contributed by atoms with Crippen LogP contribution in [0.3, 0.4) is 0 Å². The number of amides is 1. The Morgan fingerprint density at radius 1 is 1.20 bits per heavy atom. The summed E-state index contributed by atoms with van der Waals surface area (Å²) < 4.78 is 1.81. The Hall–Kier alpha value is -2.94. The molecule has 4 heterocycles. The van der Waals surface area contributed by atoms with Crippen LogP contribution in [0, 0.1) is 11.8 Å². The molecule has 3 aromatic rings. The standard InChI is InChI=1S/C21H28N8O/c1-13-9-15(10-14(13)2)16-11-18(27-26-16)25-21-23-4-3-19-24-17(12-29(19)21)20(30)28-7-5-22-6-8-28/h3-4,11-15,22H,5-10H2,1-2H3,(H2,23,25,26,27)/t13-,14+,15?. The predicted molar refractivity (Wildman–Crippen MR) is 114 cm³/mol. The summed E-state index contributed by atoms with van der Waals surface area (Å²) in [6, 6.07) is 3.87. The lowest BCUT2D eigenvalue weighted by atomic mass is 10.0.